The summed E-state index contributed by atoms with van der Waals surface area (Å²) in [4.78, 5) is 21.2. The number of thiophene rings is 1. The zero-order valence-corrected chi connectivity index (χ0v) is 17.0. The molecular formula is C22H29N3OS. The molecule has 1 aromatic heterocycles. The molecule has 4 rings (SSSR count). The molecule has 2 fully saturated rings. The van der Waals surface area contributed by atoms with Gasteiger partial charge in [0.1, 0.15) is 0 Å². The van der Waals surface area contributed by atoms with Gasteiger partial charge in [-0.15, -0.1) is 11.3 Å². The molecule has 0 bridgehead atoms. The number of likely N-dealkylation sites (tertiary alicyclic amines) is 1. The Hall–Kier alpha value is -1.69. The summed E-state index contributed by atoms with van der Waals surface area (Å²) in [7, 11) is 0. The topological polar surface area (TPSA) is 26.8 Å². The van der Waals surface area contributed by atoms with Gasteiger partial charge in [-0.3, -0.25) is 14.6 Å². The summed E-state index contributed by atoms with van der Waals surface area (Å²) in [6.45, 7) is 8.68. The monoisotopic (exact) mass is 383 g/mol. The molecule has 0 aliphatic carbocycles. The molecule has 27 heavy (non-hydrogen) atoms. The average molecular weight is 384 g/mol. The molecule has 2 aliphatic heterocycles. The number of rotatable bonds is 5. The third-order valence-corrected chi connectivity index (χ3v) is 6.73. The first kappa shape index (κ1) is 18.7. The lowest BCUT2D eigenvalue weighted by atomic mass is 10.1. The predicted molar refractivity (Wildman–Crippen MR) is 111 cm³/mol. The number of nitrogens with zero attached hydrogens (tertiary/aromatic N) is 3. The molecule has 1 unspecified atom stereocenters. The van der Waals surface area contributed by atoms with Crippen molar-refractivity contribution < 1.29 is 4.79 Å². The van der Waals surface area contributed by atoms with Crippen molar-refractivity contribution in [1.29, 1.82) is 0 Å². The molecule has 0 N–H and O–H groups in total. The van der Waals surface area contributed by atoms with E-state index in [1.54, 1.807) is 11.3 Å². The summed E-state index contributed by atoms with van der Waals surface area (Å²) >= 11 is 1.78. The van der Waals surface area contributed by atoms with Crippen LogP contribution in [0.5, 0.6) is 0 Å². The molecule has 0 radical (unpaired) electrons. The van der Waals surface area contributed by atoms with E-state index in [9.17, 15) is 4.79 Å². The third-order valence-electron chi connectivity index (χ3n) is 5.76. The molecule has 1 amide bonds. The smallest absolute Gasteiger partial charge is 0.237 e. The molecular weight excluding hydrogens is 354 g/mol. The first-order valence-electron chi connectivity index (χ1n) is 10.0. The minimum atomic E-state index is 0.304. The second-order valence-electron chi connectivity index (χ2n) is 7.80. The molecule has 1 aromatic carbocycles. The highest BCUT2D eigenvalue weighted by Crippen LogP contribution is 2.34. The Morgan fingerprint density at radius 1 is 1.07 bits per heavy atom. The van der Waals surface area contributed by atoms with Crippen LogP contribution in [-0.4, -0.2) is 59.9 Å². The fourth-order valence-electron chi connectivity index (χ4n) is 4.30. The molecule has 0 spiro atoms. The quantitative estimate of drug-likeness (QED) is 0.790. The lowest BCUT2D eigenvalue weighted by Crippen LogP contribution is -2.49. The number of amides is 1. The number of hydrogen-bond donors (Lipinski definition) is 0. The summed E-state index contributed by atoms with van der Waals surface area (Å²) in [5.74, 6) is 0.304. The SMILES string of the molecule is Cc1cccc(CN2CCN(CC(=O)N3CCCC3c3cccs3)CC2)c1. The number of carbonyl (C=O) groups is 1. The van der Waals surface area contributed by atoms with Gasteiger partial charge in [-0.05, 0) is 36.8 Å². The summed E-state index contributed by atoms with van der Waals surface area (Å²) in [5, 5.41) is 2.11. The van der Waals surface area contributed by atoms with Crippen molar-refractivity contribution in [2.75, 3.05) is 39.3 Å². The normalized spacial score (nSPS) is 21.7. The van der Waals surface area contributed by atoms with Gasteiger partial charge in [-0.25, -0.2) is 0 Å². The van der Waals surface area contributed by atoms with Crippen molar-refractivity contribution >= 4 is 17.2 Å². The van der Waals surface area contributed by atoms with Gasteiger partial charge in [0.15, 0.2) is 0 Å². The average Bonchev–Trinajstić information content (AvgIpc) is 3.35. The molecule has 2 saturated heterocycles. The predicted octanol–water partition coefficient (Wildman–Crippen LogP) is 3.54. The largest absolute Gasteiger partial charge is 0.334 e. The molecule has 2 aromatic rings. The van der Waals surface area contributed by atoms with E-state index in [0.29, 0.717) is 18.5 Å². The number of hydrogen-bond acceptors (Lipinski definition) is 4. The first-order chi connectivity index (χ1) is 13.2. The van der Waals surface area contributed by atoms with Crippen molar-refractivity contribution in [3.63, 3.8) is 0 Å². The second kappa shape index (κ2) is 8.55. The third kappa shape index (κ3) is 4.60. The fourth-order valence-corrected chi connectivity index (χ4v) is 5.17. The van der Waals surface area contributed by atoms with Gasteiger partial charge in [0.25, 0.3) is 0 Å². The van der Waals surface area contributed by atoms with Crippen LogP contribution in [0.2, 0.25) is 0 Å². The standard InChI is InChI=1S/C22H29N3OS/c1-18-5-2-6-19(15-18)16-23-10-12-24(13-11-23)17-22(26)25-9-3-7-20(25)21-8-4-14-27-21/h2,4-6,8,14-15,20H,3,7,9-13,16-17H2,1H3. The van der Waals surface area contributed by atoms with Crippen molar-refractivity contribution in [3.8, 4) is 0 Å². The second-order valence-corrected chi connectivity index (χ2v) is 8.78. The Labute approximate surface area is 166 Å². The first-order valence-corrected chi connectivity index (χ1v) is 10.9. The number of piperazine rings is 1. The van der Waals surface area contributed by atoms with E-state index in [4.69, 9.17) is 0 Å². The van der Waals surface area contributed by atoms with Crippen LogP contribution in [0.15, 0.2) is 41.8 Å². The Kier molecular flexibility index (Phi) is 5.91. The molecule has 3 heterocycles. The van der Waals surface area contributed by atoms with Gasteiger partial charge >= 0.3 is 0 Å². The molecule has 144 valence electrons. The molecule has 5 heteroatoms. The summed E-state index contributed by atoms with van der Waals surface area (Å²) in [6.07, 6.45) is 2.23. The van der Waals surface area contributed by atoms with Crippen molar-refractivity contribution in [2.24, 2.45) is 0 Å². The maximum absolute atomic E-state index is 12.9. The minimum Gasteiger partial charge on any atom is -0.334 e. The van der Waals surface area contributed by atoms with Crippen LogP contribution in [-0.2, 0) is 11.3 Å². The van der Waals surface area contributed by atoms with Crippen LogP contribution in [0.1, 0.15) is 34.9 Å². The van der Waals surface area contributed by atoms with Crippen LogP contribution in [0.4, 0.5) is 0 Å². The van der Waals surface area contributed by atoms with E-state index < -0.39 is 0 Å². The van der Waals surface area contributed by atoms with E-state index in [0.717, 1.165) is 52.1 Å². The Morgan fingerprint density at radius 2 is 1.89 bits per heavy atom. The molecule has 0 saturated carbocycles. The van der Waals surface area contributed by atoms with Gasteiger partial charge < -0.3 is 4.90 Å². The highest BCUT2D eigenvalue weighted by atomic mass is 32.1. The highest BCUT2D eigenvalue weighted by Gasteiger charge is 2.31. The van der Waals surface area contributed by atoms with Crippen molar-refractivity contribution in [1.82, 2.24) is 14.7 Å². The maximum atomic E-state index is 12.9. The lowest BCUT2D eigenvalue weighted by molar-refractivity contribution is -0.133. The van der Waals surface area contributed by atoms with Crippen LogP contribution in [0.3, 0.4) is 0 Å². The maximum Gasteiger partial charge on any atom is 0.237 e. The van der Waals surface area contributed by atoms with Crippen molar-refractivity contribution in [3.05, 3.63) is 57.8 Å². The van der Waals surface area contributed by atoms with E-state index >= 15 is 0 Å². The Balaban J connectivity index is 1.27. The van der Waals surface area contributed by atoms with Gasteiger partial charge in [0, 0.05) is 44.1 Å². The van der Waals surface area contributed by atoms with Crippen LogP contribution in [0.25, 0.3) is 0 Å². The Morgan fingerprint density at radius 3 is 2.63 bits per heavy atom. The van der Waals surface area contributed by atoms with Gasteiger partial charge in [0.2, 0.25) is 5.91 Å². The minimum absolute atomic E-state index is 0.304. The van der Waals surface area contributed by atoms with Gasteiger partial charge in [0.05, 0.1) is 12.6 Å². The van der Waals surface area contributed by atoms with E-state index in [1.807, 2.05) is 0 Å². The fraction of sp³-hybridized carbons (Fsp3) is 0.500. The molecule has 4 nitrogen and oxygen atoms in total. The zero-order valence-electron chi connectivity index (χ0n) is 16.1. The summed E-state index contributed by atoms with van der Waals surface area (Å²) in [6, 6.07) is 13.3. The summed E-state index contributed by atoms with van der Waals surface area (Å²) in [5.41, 5.74) is 2.71. The zero-order chi connectivity index (χ0) is 18.6. The van der Waals surface area contributed by atoms with Crippen LogP contribution < -0.4 is 0 Å². The summed E-state index contributed by atoms with van der Waals surface area (Å²) < 4.78 is 0. The van der Waals surface area contributed by atoms with Crippen LogP contribution >= 0.6 is 11.3 Å². The van der Waals surface area contributed by atoms with E-state index in [1.165, 1.54) is 16.0 Å². The van der Waals surface area contributed by atoms with E-state index in [2.05, 4.69) is 63.4 Å². The molecule has 2 aliphatic rings. The number of aryl methyl sites for hydroxylation is 1. The Bertz CT molecular complexity index is 753. The van der Waals surface area contributed by atoms with Gasteiger partial charge in [-0.2, -0.15) is 0 Å². The highest BCUT2D eigenvalue weighted by molar-refractivity contribution is 7.10. The van der Waals surface area contributed by atoms with E-state index in [-0.39, 0.29) is 0 Å². The number of carbonyl (C=O) groups excluding carboxylic acids is 1. The molecule has 1 atom stereocenters. The van der Waals surface area contributed by atoms with Gasteiger partial charge in [-0.1, -0.05) is 35.9 Å². The van der Waals surface area contributed by atoms with Crippen LogP contribution in [0, 0.1) is 6.92 Å². The lowest BCUT2D eigenvalue weighted by Gasteiger charge is -2.35. The number of benzene rings is 1. The van der Waals surface area contributed by atoms with Crippen molar-refractivity contribution in [2.45, 2.75) is 32.4 Å².